The molecule has 0 fully saturated rings. The highest BCUT2D eigenvalue weighted by molar-refractivity contribution is 5.20. The Morgan fingerprint density at radius 1 is 1.00 bits per heavy atom. The van der Waals surface area contributed by atoms with Gasteiger partial charge in [-0.2, -0.15) is 0 Å². The molecule has 1 heteroatoms. The summed E-state index contributed by atoms with van der Waals surface area (Å²) >= 11 is 0. The minimum absolute atomic E-state index is 0.326. The summed E-state index contributed by atoms with van der Waals surface area (Å²) in [6.45, 7) is 2.31. The van der Waals surface area contributed by atoms with Crippen molar-refractivity contribution in [3.8, 4) is 11.8 Å². The zero-order chi connectivity index (χ0) is 12.6. The van der Waals surface area contributed by atoms with Crippen LogP contribution in [0.15, 0.2) is 36.5 Å². The Kier molecular flexibility index (Phi) is 13.6. The molecule has 0 spiro atoms. The Balaban J connectivity index is 3.36. The fourth-order valence-corrected chi connectivity index (χ4v) is 1.32. The van der Waals surface area contributed by atoms with Crippen LogP contribution in [-0.4, -0.2) is 11.7 Å². The summed E-state index contributed by atoms with van der Waals surface area (Å²) in [5.41, 5.74) is 0. The van der Waals surface area contributed by atoms with Gasteiger partial charge in [0.15, 0.2) is 0 Å². The predicted octanol–water partition coefficient (Wildman–Crippen LogP) is 4.01. The van der Waals surface area contributed by atoms with Gasteiger partial charge in [-0.25, -0.2) is 0 Å². The lowest BCUT2D eigenvalue weighted by Gasteiger charge is -1.95. The van der Waals surface area contributed by atoms with Gasteiger partial charge in [0, 0.05) is 13.0 Å². The second-order valence-electron chi connectivity index (χ2n) is 3.81. The highest BCUT2D eigenvalue weighted by Crippen LogP contribution is 2.03. The van der Waals surface area contributed by atoms with E-state index in [1.807, 2.05) is 31.2 Å². The van der Waals surface area contributed by atoms with Crippen molar-refractivity contribution in [3.63, 3.8) is 0 Å². The van der Waals surface area contributed by atoms with Crippen molar-refractivity contribution in [1.29, 1.82) is 0 Å². The molecule has 0 aromatic heterocycles. The molecule has 1 nitrogen and oxygen atoms in total. The molecule has 0 aromatic rings. The standard InChI is InChI=1S/C16H24O/c1-2-3-4-5-6-7-8-9-10-11-12-13-14-15-16-17/h2-5,9-10,17H,8,11-16H2,1H3. The maximum Gasteiger partial charge on any atom is 0.0431 e. The van der Waals surface area contributed by atoms with Crippen molar-refractivity contribution >= 4 is 0 Å². The van der Waals surface area contributed by atoms with E-state index in [-0.39, 0.29) is 0 Å². The van der Waals surface area contributed by atoms with Crippen LogP contribution in [0, 0.1) is 11.8 Å². The molecule has 0 amide bonds. The van der Waals surface area contributed by atoms with Gasteiger partial charge in [-0.05, 0) is 32.3 Å². The molecule has 0 aromatic carbocycles. The predicted molar refractivity (Wildman–Crippen MR) is 75.7 cm³/mol. The van der Waals surface area contributed by atoms with Crippen LogP contribution >= 0.6 is 0 Å². The fourth-order valence-electron chi connectivity index (χ4n) is 1.32. The van der Waals surface area contributed by atoms with Crippen LogP contribution in [0.2, 0.25) is 0 Å². The van der Waals surface area contributed by atoms with Crippen molar-refractivity contribution in [2.75, 3.05) is 6.61 Å². The molecule has 0 heterocycles. The zero-order valence-corrected chi connectivity index (χ0v) is 10.9. The van der Waals surface area contributed by atoms with Gasteiger partial charge in [-0.3, -0.25) is 0 Å². The van der Waals surface area contributed by atoms with Crippen LogP contribution in [-0.2, 0) is 0 Å². The average Bonchev–Trinajstić information content (AvgIpc) is 2.35. The zero-order valence-electron chi connectivity index (χ0n) is 10.9. The lowest BCUT2D eigenvalue weighted by atomic mass is 10.1. The van der Waals surface area contributed by atoms with Crippen molar-refractivity contribution in [2.45, 2.75) is 45.4 Å². The fraction of sp³-hybridized carbons (Fsp3) is 0.500. The second-order valence-corrected chi connectivity index (χ2v) is 3.81. The summed E-state index contributed by atoms with van der Waals surface area (Å²) in [7, 11) is 0. The first-order valence-corrected chi connectivity index (χ1v) is 6.44. The summed E-state index contributed by atoms with van der Waals surface area (Å²) in [4.78, 5) is 0. The van der Waals surface area contributed by atoms with E-state index in [0.717, 1.165) is 25.7 Å². The number of hydrogen-bond donors (Lipinski definition) is 1. The van der Waals surface area contributed by atoms with Crippen LogP contribution < -0.4 is 0 Å². The van der Waals surface area contributed by atoms with Crippen molar-refractivity contribution in [1.82, 2.24) is 0 Å². The van der Waals surface area contributed by atoms with E-state index in [2.05, 4.69) is 24.0 Å². The number of aliphatic hydroxyl groups is 1. The number of hydrogen-bond acceptors (Lipinski definition) is 1. The van der Waals surface area contributed by atoms with Crippen molar-refractivity contribution < 1.29 is 5.11 Å². The minimum Gasteiger partial charge on any atom is -0.396 e. The lowest BCUT2D eigenvalue weighted by molar-refractivity contribution is 0.282. The van der Waals surface area contributed by atoms with Crippen LogP contribution in [0.5, 0.6) is 0 Å². The van der Waals surface area contributed by atoms with Gasteiger partial charge in [0.25, 0.3) is 0 Å². The topological polar surface area (TPSA) is 20.2 Å². The molecule has 0 unspecified atom stereocenters. The van der Waals surface area contributed by atoms with E-state index < -0.39 is 0 Å². The summed E-state index contributed by atoms with van der Waals surface area (Å²) in [5, 5.41) is 8.60. The van der Waals surface area contributed by atoms with Gasteiger partial charge >= 0.3 is 0 Å². The summed E-state index contributed by atoms with van der Waals surface area (Å²) in [6.07, 6.45) is 18.5. The number of aliphatic hydroxyl groups excluding tert-OH is 1. The first-order chi connectivity index (χ1) is 8.41. The number of rotatable bonds is 8. The highest BCUT2D eigenvalue weighted by Gasteiger charge is 1.86. The van der Waals surface area contributed by atoms with E-state index in [1.54, 1.807) is 0 Å². The van der Waals surface area contributed by atoms with Gasteiger partial charge in [-0.15, -0.1) is 0 Å². The Hall–Kier alpha value is -1.26. The molecule has 0 atom stereocenters. The summed E-state index contributed by atoms with van der Waals surface area (Å²) in [5.74, 6) is 6.04. The minimum atomic E-state index is 0.326. The van der Waals surface area contributed by atoms with E-state index >= 15 is 0 Å². The quantitative estimate of drug-likeness (QED) is 0.290. The molecule has 0 rings (SSSR count). The number of unbranched alkanes of at least 4 members (excludes halogenated alkanes) is 4. The third-order valence-corrected chi connectivity index (χ3v) is 2.25. The first kappa shape index (κ1) is 15.7. The molecule has 94 valence electrons. The molecule has 1 N–H and O–H groups in total. The second kappa shape index (κ2) is 14.7. The van der Waals surface area contributed by atoms with Crippen LogP contribution in [0.1, 0.15) is 45.4 Å². The summed E-state index contributed by atoms with van der Waals surface area (Å²) in [6, 6.07) is 0. The third kappa shape index (κ3) is 14.7. The highest BCUT2D eigenvalue weighted by atomic mass is 16.2. The maximum atomic E-state index is 8.60. The van der Waals surface area contributed by atoms with Crippen LogP contribution in [0.4, 0.5) is 0 Å². The van der Waals surface area contributed by atoms with Crippen molar-refractivity contribution in [2.24, 2.45) is 0 Å². The smallest absolute Gasteiger partial charge is 0.0431 e. The molecular formula is C16H24O. The molecule has 0 saturated heterocycles. The van der Waals surface area contributed by atoms with Gasteiger partial charge in [0.05, 0.1) is 0 Å². The third-order valence-electron chi connectivity index (χ3n) is 2.25. The van der Waals surface area contributed by atoms with Crippen LogP contribution in [0.25, 0.3) is 0 Å². The Morgan fingerprint density at radius 3 is 2.59 bits per heavy atom. The molecule has 0 radical (unpaired) electrons. The molecule has 17 heavy (non-hydrogen) atoms. The Labute approximate surface area is 106 Å². The van der Waals surface area contributed by atoms with Gasteiger partial charge in [0.2, 0.25) is 0 Å². The van der Waals surface area contributed by atoms with E-state index in [1.165, 1.54) is 12.8 Å². The molecular weight excluding hydrogens is 208 g/mol. The monoisotopic (exact) mass is 232 g/mol. The molecule has 0 aliphatic carbocycles. The largest absolute Gasteiger partial charge is 0.396 e. The molecule has 0 saturated carbocycles. The van der Waals surface area contributed by atoms with Crippen LogP contribution in [0.3, 0.4) is 0 Å². The van der Waals surface area contributed by atoms with Crippen molar-refractivity contribution in [3.05, 3.63) is 36.5 Å². The van der Waals surface area contributed by atoms with E-state index in [0.29, 0.717) is 6.61 Å². The average molecular weight is 232 g/mol. The van der Waals surface area contributed by atoms with E-state index in [4.69, 9.17) is 5.11 Å². The normalized spacial score (nSPS) is 11.4. The maximum absolute atomic E-state index is 8.60. The van der Waals surface area contributed by atoms with Gasteiger partial charge < -0.3 is 5.11 Å². The van der Waals surface area contributed by atoms with E-state index in [9.17, 15) is 0 Å². The number of allylic oxidation sites excluding steroid dienone is 6. The SMILES string of the molecule is CC=CC=CC#CCC=CCCCCCCO. The summed E-state index contributed by atoms with van der Waals surface area (Å²) < 4.78 is 0. The van der Waals surface area contributed by atoms with Gasteiger partial charge in [0.1, 0.15) is 0 Å². The molecule has 0 bridgehead atoms. The van der Waals surface area contributed by atoms with Gasteiger partial charge in [-0.1, -0.05) is 55.1 Å². The molecule has 0 aliphatic rings. The molecule has 0 aliphatic heterocycles. The first-order valence-electron chi connectivity index (χ1n) is 6.44. The lowest BCUT2D eigenvalue weighted by Crippen LogP contribution is -1.82. The Bertz CT molecular complexity index is 286. The Morgan fingerprint density at radius 2 is 1.82 bits per heavy atom.